The first-order chi connectivity index (χ1) is 10.5. The molecule has 0 bridgehead atoms. The second-order valence-electron chi connectivity index (χ2n) is 4.49. The van der Waals surface area contributed by atoms with Crippen LogP contribution in [0.5, 0.6) is 0 Å². The minimum absolute atomic E-state index is 0.302. The Morgan fingerprint density at radius 2 is 1.86 bits per heavy atom. The van der Waals surface area contributed by atoms with Gasteiger partial charge in [0.1, 0.15) is 6.04 Å². The fraction of sp³-hybridized carbons (Fsp3) is 0.143. The molecule has 1 heterocycles. The van der Waals surface area contributed by atoms with Crippen molar-refractivity contribution in [2.75, 3.05) is 0 Å². The Kier molecular flexibility index (Phi) is 4.52. The zero-order chi connectivity index (χ0) is 16.1. The van der Waals surface area contributed by atoms with Crippen LogP contribution >= 0.6 is 0 Å². The molecule has 0 fully saturated rings. The molecule has 2 aromatic rings. The Morgan fingerprint density at radius 3 is 2.45 bits per heavy atom. The molecule has 0 radical (unpaired) electrons. The lowest BCUT2D eigenvalue weighted by atomic mass is 10.2. The number of aliphatic carboxylic acids is 1. The van der Waals surface area contributed by atoms with Crippen LogP contribution in [0.1, 0.15) is 10.4 Å². The zero-order valence-electron chi connectivity index (χ0n) is 11.4. The van der Waals surface area contributed by atoms with Gasteiger partial charge in [-0.3, -0.25) is 19.1 Å². The largest absolute Gasteiger partial charge is 0.480 e. The molecule has 0 aliphatic rings. The molecule has 8 nitrogen and oxygen atoms in total. The maximum atomic E-state index is 12.0. The van der Waals surface area contributed by atoms with Gasteiger partial charge in [0.05, 0.1) is 6.54 Å². The average molecular weight is 303 g/mol. The average Bonchev–Trinajstić information content (AvgIpc) is 2.49. The minimum Gasteiger partial charge on any atom is -0.480 e. The SMILES string of the molecule is O=C(N[C@@H](Cn1ccc(=O)[nH]c1=O)C(=O)O)c1ccccc1. The maximum Gasteiger partial charge on any atom is 0.328 e. The molecule has 0 aliphatic carbocycles. The summed E-state index contributed by atoms with van der Waals surface area (Å²) >= 11 is 0. The summed E-state index contributed by atoms with van der Waals surface area (Å²) in [5.74, 6) is -1.85. The van der Waals surface area contributed by atoms with Crippen LogP contribution < -0.4 is 16.6 Å². The van der Waals surface area contributed by atoms with E-state index in [1.807, 2.05) is 4.98 Å². The molecule has 0 spiro atoms. The predicted octanol–water partition coefficient (Wildman–Crippen LogP) is -0.580. The number of carboxylic acid groups (broad SMARTS) is 1. The molecule has 0 saturated heterocycles. The molecule has 0 aliphatic heterocycles. The van der Waals surface area contributed by atoms with Crippen LogP contribution in [0.4, 0.5) is 0 Å². The van der Waals surface area contributed by atoms with Gasteiger partial charge in [0.25, 0.3) is 11.5 Å². The van der Waals surface area contributed by atoms with Crippen LogP contribution in [-0.2, 0) is 11.3 Å². The monoisotopic (exact) mass is 303 g/mol. The Labute approximate surface area is 124 Å². The quantitative estimate of drug-likeness (QED) is 0.682. The first-order valence-electron chi connectivity index (χ1n) is 6.36. The molecule has 1 atom stereocenters. The van der Waals surface area contributed by atoms with Crippen molar-refractivity contribution in [3.8, 4) is 0 Å². The van der Waals surface area contributed by atoms with E-state index in [9.17, 15) is 24.3 Å². The Bertz CT molecular complexity index is 794. The highest BCUT2D eigenvalue weighted by Gasteiger charge is 2.21. The van der Waals surface area contributed by atoms with Gasteiger partial charge in [-0.25, -0.2) is 9.59 Å². The highest BCUT2D eigenvalue weighted by molar-refractivity contribution is 5.96. The number of rotatable bonds is 5. The number of hydrogen-bond acceptors (Lipinski definition) is 4. The van der Waals surface area contributed by atoms with E-state index in [-0.39, 0.29) is 6.54 Å². The molecule has 2 rings (SSSR count). The van der Waals surface area contributed by atoms with Crippen molar-refractivity contribution in [1.82, 2.24) is 14.9 Å². The van der Waals surface area contributed by atoms with Gasteiger partial charge in [-0.1, -0.05) is 18.2 Å². The maximum absolute atomic E-state index is 12.0. The number of amides is 1. The Morgan fingerprint density at radius 1 is 1.18 bits per heavy atom. The van der Waals surface area contributed by atoms with Crippen molar-refractivity contribution in [3.05, 3.63) is 69.0 Å². The highest BCUT2D eigenvalue weighted by Crippen LogP contribution is 2.00. The second-order valence-corrected chi connectivity index (χ2v) is 4.49. The third-order valence-electron chi connectivity index (χ3n) is 2.92. The van der Waals surface area contributed by atoms with Crippen molar-refractivity contribution in [3.63, 3.8) is 0 Å². The molecule has 1 aromatic carbocycles. The van der Waals surface area contributed by atoms with E-state index >= 15 is 0 Å². The third kappa shape index (κ3) is 3.69. The lowest BCUT2D eigenvalue weighted by Crippen LogP contribution is -2.46. The second kappa shape index (κ2) is 6.53. The molecular formula is C14H13N3O5. The number of benzene rings is 1. The van der Waals surface area contributed by atoms with Gasteiger partial charge in [-0.2, -0.15) is 0 Å². The number of carboxylic acids is 1. The van der Waals surface area contributed by atoms with Crippen molar-refractivity contribution in [2.45, 2.75) is 12.6 Å². The summed E-state index contributed by atoms with van der Waals surface area (Å²) in [6.07, 6.45) is 1.17. The van der Waals surface area contributed by atoms with Crippen LogP contribution in [0.25, 0.3) is 0 Å². The normalized spacial score (nSPS) is 11.6. The van der Waals surface area contributed by atoms with Crippen LogP contribution in [-0.4, -0.2) is 32.6 Å². The fourth-order valence-electron chi connectivity index (χ4n) is 1.80. The molecule has 8 heteroatoms. The van der Waals surface area contributed by atoms with Crippen molar-refractivity contribution >= 4 is 11.9 Å². The van der Waals surface area contributed by atoms with Gasteiger partial charge in [0.15, 0.2) is 0 Å². The molecule has 114 valence electrons. The highest BCUT2D eigenvalue weighted by atomic mass is 16.4. The molecule has 3 N–H and O–H groups in total. The summed E-state index contributed by atoms with van der Waals surface area (Å²) in [5, 5.41) is 11.5. The Balaban J connectivity index is 2.17. The summed E-state index contributed by atoms with van der Waals surface area (Å²) < 4.78 is 1.01. The van der Waals surface area contributed by atoms with E-state index in [0.29, 0.717) is 5.56 Å². The summed E-state index contributed by atoms with van der Waals surface area (Å²) in [6, 6.07) is 7.90. The van der Waals surface area contributed by atoms with E-state index in [0.717, 1.165) is 10.6 Å². The minimum atomic E-state index is -1.31. The number of nitrogens with zero attached hydrogens (tertiary/aromatic N) is 1. The Hall–Kier alpha value is -3.16. The van der Waals surface area contributed by atoms with Crippen molar-refractivity contribution in [2.24, 2.45) is 0 Å². The number of carbonyl (C=O) groups is 2. The van der Waals surface area contributed by atoms with Gasteiger partial charge in [-0.15, -0.1) is 0 Å². The number of aromatic amines is 1. The smallest absolute Gasteiger partial charge is 0.328 e. The van der Waals surface area contributed by atoms with Gasteiger partial charge in [0.2, 0.25) is 0 Å². The lowest BCUT2D eigenvalue weighted by molar-refractivity contribution is -0.139. The van der Waals surface area contributed by atoms with Gasteiger partial charge < -0.3 is 10.4 Å². The molecule has 1 amide bonds. The number of aromatic nitrogens is 2. The molecule has 1 aromatic heterocycles. The van der Waals surface area contributed by atoms with Crippen LogP contribution in [0.15, 0.2) is 52.2 Å². The third-order valence-corrected chi connectivity index (χ3v) is 2.92. The lowest BCUT2D eigenvalue weighted by Gasteiger charge is -2.15. The van der Waals surface area contributed by atoms with Gasteiger partial charge >= 0.3 is 11.7 Å². The molecular weight excluding hydrogens is 290 g/mol. The number of H-pyrrole nitrogens is 1. The topological polar surface area (TPSA) is 121 Å². The van der Waals surface area contributed by atoms with Gasteiger partial charge in [0, 0.05) is 17.8 Å². The number of nitrogens with one attached hydrogen (secondary N) is 2. The number of hydrogen-bond donors (Lipinski definition) is 3. The van der Waals surface area contributed by atoms with E-state index < -0.39 is 29.2 Å². The molecule has 0 unspecified atom stereocenters. The van der Waals surface area contributed by atoms with Crippen LogP contribution in [0, 0.1) is 0 Å². The summed E-state index contributed by atoms with van der Waals surface area (Å²) in [7, 11) is 0. The van der Waals surface area contributed by atoms with E-state index in [4.69, 9.17) is 0 Å². The van der Waals surface area contributed by atoms with E-state index in [1.165, 1.54) is 6.20 Å². The van der Waals surface area contributed by atoms with Crippen molar-refractivity contribution in [1.29, 1.82) is 0 Å². The molecule has 0 saturated carbocycles. The summed E-state index contributed by atoms with van der Waals surface area (Å²) in [4.78, 5) is 47.8. The standard InChI is InChI=1S/C14H13N3O5/c18-11-6-7-17(14(22)16-11)8-10(13(20)21)15-12(19)9-4-2-1-3-5-9/h1-7,10H,8H2,(H,15,19)(H,20,21)(H,16,18,22)/t10-/m0/s1. The summed E-state index contributed by atoms with van der Waals surface area (Å²) in [6.45, 7) is -0.302. The zero-order valence-corrected chi connectivity index (χ0v) is 11.4. The predicted molar refractivity (Wildman–Crippen MR) is 76.7 cm³/mol. The van der Waals surface area contributed by atoms with E-state index in [1.54, 1.807) is 30.3 Å². The van der Waals surface area contributed by atoms with Crippen LogP contribution in [0.3, 0.4) is 0 Å². The molecule has 22 heavy (non-hydrogen) atoms. The van der Waals surface area contributed by atoms with E-state index in [2.05, 4.69) is 5.32 Å². The van der Waals surface area contributed by atoms with Crippen molar-refractivity contribution < 1.29 is 14.7 Å². The van der Waals surface area contributed by atoms with Gasteiger partial charge in [-0.05, 0) is 12.1 Å². The summed E-state index contributed by atoms with van der Waals surface area (Å²) in [5.41, 5.74) is -1.02. The number of carbonyl (C=O) groups excluding carboxylic acids is 1. The van der Waals surface area contributed by atoms with Crippen LogP contribution in [0.2, 0.25) is 0 Å². The first-order valence-corrected chi connectivity index (χ1v) is 6.36. The first kappa shape index (κ1) is 15.2. The fourth-order valence-corrected chi connectivity index (χ4v) is 1.80.